The van der Waals surface area contributed by atoms with Gasteiger partial charge in [-0.2, -0.15) is 0 Å². The number of ether oxygens (including phenoxy) is 1. The number of nitrogens with zero attached hydrogens (tertiary/aromatic N) is 1. The molecule has 2 aromatic rings. The molecule has 1 N–H and O–H groups in total. The minimum Gasteiger partial charge on any atom is -0.489 e. The molecule has 1 amide bonds. The molecule has 0 unspecified atom stereocenters. The molecule has 1 aliphatic rings. The van der Waals surface area contributed by atoms with Gasteiger partial charge in [-0.1, -0.05) is 42.5 Å². The third-order valence-corrected chi connectivity index (χ3v) is 5.24. The van der Waals surface area contributed by atoms with E-state index in [1.165, 1.54) is 5.56 Å². The van der Waals surface area contributed by atoms with E-state index in [0.717, 1.165) is 43.8 Å². The molecule has 0 bridgehead atoms. The van der Waals surface area contributed by atoms with Crippen LogP contribution in [0.4, 0.5) is 5.69 Å². The van der Waals surface area contributed by atoms with E-state index in [1.807, 2.05) is 43.0 Å². The van der Waals surface area contributed by atoms with Gasteiger partial charge in [0.1, 0.15) is 5.75 Å². The van der Waals surface area contributed by atoms with E-state index >= 15 is 0 Å². The average molecular weight is 381 g/mol. The zero-order valence-corrected chi connectivity index (χ0v) is 17.1. The predicted molar refractivity (Wildman–Crippen MR) is 115 cm³/mol. The molecule has 150 valence electrons. The maximum absolute atomic E-state index is 12.6. The van der Waals surface area contributed by atoms with Gasteiger partial charge >= 0.3 is 0 Å². The number of hydrogen-bond acceptors (Lipinski definition) is 3. The average Bonchev–Trinajstić information content (AvgIpc) is 2.70. The Morgan fingerprint density at radius 2 is 1.75 bits per heavy atom. The Kier molecular flexibility index (Phi) is 7.35. The molecule has 0 aliphatic carbocycles. The van der Waals surface area contributed by atoms with Crippen LogP contribution in [0.15, 0.2) is 54.6 Å². The number of benzene rings is 2. The second kappa shape index (κ2) is 10.2. The number of likely N-dealkylation sites (tertiary alicyclic amines) is 1. The second-order valence-corrected chi connectivity index (χ2v) is 7.85. The number of para-hydroxylation sites is 2. The van der Waals surface area contributed by atoms with Crippen LogP contribution in [0, 0.1) is 5.92 Å². The maximum Gasteiger partial charge on any atom is 0.224 e. The summed E-state index contributed by atoms with van der Waals surface area (Å²) < 4.78 is 5.82. The van der Waals surface area contributed by atoms with E-state index in [-0.39, 0.29) is 12.0 Å². The summed E-state index contributed by atoms with van der Waals surface area (Å²) in [7, 11) is 0. The maximum atomic E-state index is 12.6. The molecule has 0 radical (unpaired) electrons. The van der Waals surface area contributed by atoms with Crippen LogP contribution in [0.1, 0.15) is 38.7 Å². The van der Waals surface area contributed by atoms with Crippen molar-refractivity contribution in [2.45, 2.75) is 45.6 Å². The number of rotatable bonds is 8. The number of nitrogens with one attached hydrogen (secondary N) is 1. The topological polar surface area (TPSA) is 41.6 Å². The van der Waals surface area contributed by atoms with Gasteiger partial charge in [0.25, 0.3) is 0 Å². The molecular formula is C24H32N2O2. The normalized spacial score (nSPS) is 14.9. The Bertz CT molecular complexity index is 737. The molecule has 0 spiro atoms. The van der Waals surface area contributed by atoms with Crippen molar-refractivity contribution >= 4 is 11.6 Å². The van der Waals surface area contributed by atoms with E-state index in [1.54, 1.807) is 0 Å². The molecule has 0 aromatic heterocycles. The lowest BCUT2D eigenvalue weighted by molar-refractivity contribution is -0.132. The number of piperidine rings is 1. The van der Waals surface area contributed by atoms with Gasteiger partial charge in [-0.3, -0.25) is 4.79 Å². The molecule has 4 heteroatoms. The third-order valence-electron chi connectivity index (χ3n) is 5.24. The summed E-state index contributed by atoms with van der Waals surface area (Å²) in [6.07, 6.45) is 3.95. The number of anilines is 1. The van der Waals surface area contributed by atoms with Crippen molar-refractivity contribution in [1.82, 2.24) is 4.90 Å². The molecule has 1 heterocycles. The molecule has 1 fully saturated rings. The first-order chi connectivity index (χ1) is 13.6. The summed E-state index contributed by atoms with van der Waals surface area (Å²) in [4.78, 5) is 14.6. The van der Waals surface area contributed by atoms with E-state index in [4.69, 9.17) is 4.74 Å². The Hall–Kier alpha value is -2.49. The Labute approximate surface area is 168 Å². The van der Waals surface area contributed by atoms with E-state index in [9.17, 15) is 4.79 Å². The van der Waals surface area contributed by atoms with E-state index < -0.39 is 0 Å². The molecule has 1 saturated heterocycles. The van der Waals surface area contributed by atoms with Gasteiger partial charge < -0.3 is 15.0 Å². The van der Waals surface area contributed by atoms with Gasteiger partial charge in [0.15, 0.2) is 0 Å². The number of hydrogen-bond donors (Lipinski definition) is 1. The molecule has 2 aromatic carbocycles. The smallest absolute Gasteiger partial charge is 0.224 e. The number of amides is 1. The fourth-order valence-corrected chi connectivity index (χ4v) is 3.77. The highest BCUT2D eigenvalue weighted by molar-refractivity contribution is 5.77. The Balaban J connectivity index is 1.40. The van der Waals surface area contributed by atoms with Gasteiger partial charge in [0, 0.05) is 26.1 Å². The van der Waals surface area contributed by atoms with Crippen molar-refractivity contribution in [1.29, 1.82) is 0 Å². The fourth-order valence-electron chi connectivity index (χ4n) is 3.77. The summed E-state index contributed by atoms with van der Waals surface area (Å²) in [5, 5.41) is 3.36. The Morgan fingerprint density at radius 3 is 2.46 bits per heavy atom. The van der Waals surface area contributed by atoms with Crippen molar-refractivity contribution in [2.24, 2.45) is 5.92 Å². The zero-order chi connectivity index (χ0) is 19.8. The highest BCUT2D eigenvalue weighted by Gasteiger charge is 2.22. The van der Waals surface area contributed by atoms with E-state index in [0.29, 0.717) is 18.9 Å². The third kappa shape index (κ3) is 6.01. The van der Waals surface area contributed by atoms with Crippen LogP contribution in [0.5, 0.6) is 5.75 Å². The molecule has 0 saturated carbocycles. The molecule has 28 heavy (non-hydrogen) atoms. The van der Waals surface area contributed by atoms with Gasteiger partial charge in [-0.05, 0) is 56.7 Å². The lowest BCUT2D eigenvalue weighted by Gasteiger charge is -2.32. The summed E-state index contributed by atoms with van der Waals surface area (Å²) in [5.41, 5.74) is 2.35. The van der Waals surface area contributed by atoms with Crippen LogP contribution >= 0.6 is 0 Å². The van der Waals surface area contributed by atoms with Crippen LogP contribution in [0.3, 0.4) is 0 Å². The first kappa shape index (κ1) is 20.2. The molecule has 1 aliphatic heterocycles. The van der Waals surface area contributed by atoms with Crippen LogP contribution < -0.4 is 10.1 Å². The second-order valence-electron chi connectivity index (χ2n) is 7.85. The highest BCUT2D eigenvalue weighted by atomic mass is 16.5. The number of carbonyl (C=O) groups excluding carboxylic acids is 1. The zero-order valence-electron chi connectivity index (χ0n) is 17.1. The van der Waals surface area contributed by atoms with Crippen molar-refractivity contribution in [2.75, 3.05) is 25.0 Å². The Morgan fingerprint density at radius 1 is 1.07 bits per heavy atom. The first-order valence-electron chi connectivity index (χ1n) is 10.4. The van der Waals surface area contributed by atoms with Gasteiger partial charge in [0.2, 0.25) is 5.91 Å². The standard InChI is InChI=1S/C24H32N2O2/c1-19(2)28-23-11-7-6-10-22(23)25-15-12-24(27)26-16-13-21(14-17-26)18-20-8-4-3-5-9-20/h3-11,19,21,25H,12-18H2,1-2H3. The molecule has 4 nitrogen and oxygen atoms in total. The van der Waals surface area contributed by atoms with Crippen molar-refractivity contribution in [3.05, 3.63) is 60.2 Å². The first-order valence-corrected chi connectivity index (χ1v) is 10.4. The van der Waals surface area contributed by atoms with Gasteiger partial charge in [-0.25, -0.2) is 0 Å². The molecule has 3 rings (SSSR count). The van der Waals surface area contributed by atoms with Crippen LogP contribution in [-0.4, -0.2) is 36.5 Å². The molecule has 0 atom stereocenters. The SMILES string of the molecule is CC(C)Oc1ccccc1NCCC(=O)N1CCC(Cc2ccccc2)CC1. The highest BCUT2D eigenvalue weighted by Crippen LogP contribution is 2.25. The largest absolute Gasteiger partial charge is 0.489 e. The van der Waals surface area contributed by atoms with Crippen LogP contribution in [0.25, 0.3) is 0 Å². The monoisotopic (exact) mass is 380 g/mol. The lowest BCUT2D eigenvalue weighted by Crippen LogP contribution is -2.39. The van der Waals surface area contributed by atoms with Crippen molar-refractivity contribution < 1.29 is 9.53 Å². The van der Waals surface area contributed by atoms with Gasteiger partial charge in [-0.15, -0.1) is 0 Å². The molecular weight excluding hydrogens is 348 g/mol. The van der Waals surface area contributed by atoms with Crippen LogP contribution in [-0.2, 0) is 11.2 Å². The summed E-state index contributed by atoms with van der Waals surface area (Å²) >= 11 is 0. The lowest BCUT2D eigenvalue weighted by atomic mass is 9.90. The minimum atomic E-state index is 0.127. The summed E-state index contributed by atoms with van der Waals surface area (Å²) in [6, 6.07) is 18.6. The summed E-state index contributed by atoms with van der Waals surface area (Å²) in [5.74, 6) is 1.77. The van der Waals surface area contributed by atoms with E-state index in [2.05, 4.69) is 35.6 Å². The van der Waals surface area contributed by atoms with Crippen molar-refractivity contribution in [3.8, 4) is 5.75 Å². The predicted octanol–water partition coefficient (Wildman–Crippen LogP) is 4.76. The minimum absolute atomic E-state index is 0.127. The van der Waals surface area contributed by atoms with Gasteiger partial charge in [0.05, 0.1) is 11.8 Å². The van der Waals surface area contributed by atoms with Crippen molar-refractivity contribution in [3.63, 3.8) is 0 Å². The number of carbonyl (C=O) groups is 1. The van der Waals surface area contributed by atoms with Crippen LogP contribution in [0.2, 0.25) is 0 Å². The summed E-state index contributed by atoms with van der Waals surface area (Å²) in [6.45, 7) is 6.41. The fraction of sp³-hybridized carbons (Fsp3) is 0.458. The quantitative estimate of drug-likeness (QED) is 0.718.